The molecule has 0 amide bonds. The maximum absolute atomic E-state index is 3.81. The van der Waals surface area contributed by atoms with Gasteiger partial charge < -0.3 is 5.32 Å². The van der Waals surface area contributed by atoms with E-state index in [2.05, 4.69) is 30.6 Å². The highest BCUT2D eigenvalue weighted by Gasteiger charge is 2.23. The summed E-state index contributed by atoms with van der Waals surface area (Å²) < 4.78 is 0. The number of allylic oxidation sites excluding steroid dienone is 1. The Labute approximate surface area is 92.7 Å². The molecule has 0 aliphatic carbocycles. The predicted octanol–water partition coefficient (Wildman–Crippen LogP) is 3.07. The Kier molecular flexibility index (Phi) is 6.37. The summed E-state index contributed by atoms with van der Waals surface area (Å²) in [6, 6.07) is 0.739. The van der Waals surface area contributed by atoms with Crippen molar-refractivity contribution in [1.29, 1.82) is 0 Å². The standard InChI is InChI=1S/C12H23NS/c1-3-5-6-12(13-8-4-2)11-7-9-14-10-11/h3,11-13H,1,4-10H2,2H3. The largest absolute Gasteiger partial charge is 0.314 e. The predicted molar refractivity (Wildman–Crippen MR) is 66.9 cm³/mol. The molecule has 1 heterocycles. The molecule has 2 unspecified atom stereocenters. The highest BCUT2D eigenvalue weighted by atomic mass is 32.2. The Bertz CT molecular complexity index is 152. The molecule has 1 nitrogen and oxygen atoms in total. The summed E-state index contributed by atoms with van der Waals surface area (Å²) in [6.07, 6.45) is 7.12. The Morgan fingerprint density at radius 3 is 3.07 bits per heavy atom. The molecule has 82 valence electrons. The van der Waals surface area contributed by atoms with Crippen LogP contribution in [0.4, 0.5) is 0 Å². The monoisotopic (exact) mass is 213 g/mol. The molecule has 1 saturated heterocycles. The second-order valence-electron chi connectivity index (χ2n) is 4.05. The van der Waals surface area contributed by atoms with Gasteiger partial charge >= 0.3 is 0 Å². The number of rotatable bonds is 7. The smallest absolute Gasteiger partial charge is 0.0106 e. The maximum atomic E-state index is 3.81. The summed E-state index contributed by atoms with van der Waals surface area (Å²) in [5.74, 6) is 3.63. The van der Waals surface area contributed by atoms with Gasteiger partial charge in [-0.1, -0.05) is 13.0 Å². The van der Waals surface area contributed by atoms with Crippen LogP contribution in [0, 0.1) is 5.92 Å². The highest BCUT2D eigenvalue weighted by Crippen LogP contribution is 2.28. The average Bonchev–Trinajstić information content (AvgIpc) is 2.71. The lowest BCUT2D eigenvalue weighted by Gasteiger charge is -2.23. The van der Waals surface area contributed by atoms with Crippen LogP contribution in [0.3, 0.4) is 0 Å². The summed E-state index contributed by atoms with van der Waals surface area (Å²) in [4.78, 5) is 0. The topological polar surface area (TPSA) is 12.0 Å². The van der Waals surface area contributed by atoms with Gasteiger partial charge in [0.15, 0.2) is 0 Å². The summed E-state index contributed by atoms with van der Waals surface area (Å²) >= 11 is 2.11. The van der Waals surface area contributed by atoms with E-state index in [1.54, 1.807) is 0 Å². The van der Waals surface area contributed by atoms with Gasteiger partial charge in [-0.15, -0.1) is 6.58 Å². The molecule has 1 rings (SSSR count). The minimum absolute atomic E-state index is 0.739. The molecule has 1 aliphatic rings. The summed E-state index contributed by atoms with van der Waals surface area (Å²) in [7, 11) is 0. The van der Waals surface area contributed by atoms with Crippen molar-refractivity contribution < 1.29 is 0 Å². The van der Waals surface area contributed by atoms with Crippen LogP contribution < -0.4 is 5.32 Å². The van der Waals surface area contributed by atoms with Crippen LogP contribution in [0.25, 0.3) is 0 Å². The lowest BCUT2D eigenvalue weighted by molar-refractivity contribution is 0.364. The van der Waals surface area contributed by atoms with E-state index in [0.717, 1.165) is 18.4 Å². The van der Waals surface area contributed by atoms with Crippen molar-refractivity contribution in [1.82, 2.24) is 5.32 Å². The van der Waals surface area contributed by atoms with Gasteiger partial charge in [-0.05, 0) is 49.7 Å². The third-order valence-corrected chi connectivity index (χ3v) is 4.06. The molecule has 2 atom stereocenters. The van der Waals surface area contributed by atoms with Crippen LogP contribution in [0.2, 0.25) is 0 Å². The van der Waals surface area contributed by atoms with Crippen LogP contribution in [-0.2, 0) is 0 Å². The molecular weight excluding hydrogens is 190 g/mol. The normalized spacial score (nSPS) is 23.6. The van der Waals surface area contributed by atoms with Crippen molar-refractivity contribution in [2.24, 2.45) is 5.92 Å². The van der Waals surface area contributed by atoms with Crippen molar-refractivity contribution in [3.05, 3.63) is 12.7 Å². The minimum Gasteiger partial charge on any atom is -0.314 e. The molecule has 0 aromatic heterocycles. The minimum atomic E-state index is 0.739. The van der Waals surface area contributed by atoms with Gasteiger partial charge in [0.2, 0.25) is 0 Å². The van der Waals surface area contributed by atoms with E-state index in [1.807, 2.05) is 6.08 Å². The Hall–Kier alpha value is 0.0500. The van der Waals surface area contributed by atoms with Crippen molar-refractivity contribution in [3.8, 4) is 0 Å². The zero-order valence-electron chi connectivity index (χ0n) is 9.30. The molecule has 0 aromatic carbocycles. The van der Waals surface area contributed by atoms with Crippen molar-refractivity contribution >= 4 is 11.8 Å². The molecule has 1 N–H and O–H groups in total. The summed E-state index contributed by atoms with van der Waals surface area (Å²) in [5, 5.41) is 3.69. The Balaban J connectivity index is 2.29. The number of hydrogen-bond acceptors (Lipinski definition) is 2. The van der Waals surface area contributed by atoms with Crippen LogP contribution >= 0.6 is 11.8 Å². The number of nitrogens with one attached hydrogen (secondary N) is 1. The Morgan fingerprint density at radius 2 is 2.50 bits per heavy atom. The van der Waals surface area contributed by atoms with Crippen molar-refractivity contribution in [2.45, 2.75) is 38.6 Å². The molecular formula is C12H23NS. The summed E-state index contributed by atoms with van der Waals surface area (Å²) in [6.45, 7) is 7.21. The molecule has 0 saturated carbocycles. The van der Waals surface area contributed by atoms with Gasteiger partial charge in [0.1, 0.15) is 0 Å². The SMILES string of the molecule is C=CCCC(NCCC)C1CCSC1. The van der Waals surface area contributed by atoms with Crippen LogP contribution in [0.1, 0.15) is 32.6 Å². The zero-order chi connectivity index (χ0) is 10.2. The molecule has 2 heteroatoms. The van der Waals surface area contributed by atoms with Crippen molar-refractivity contribution in [2.75, 3.05) is 18.1 Å². The second kappa shape index (κ2) is 7.36. The third-order valence-electron chi connectivity index (χ3n) is 2.87. The van der Waals surface area contributed by atoms with Crippen LogP contribution in [-0.4, -0.2) is 24.1 Å². The molecule has 14 heavy (non-hydrogen) atoms. The zero-order valence-corrected chi connectivity index (χ0v) is 10.1. The maximum Gasteiger partial charge on any atom is 0.0106 e. The first-order valence-electron chi connectivity index (χ1n) is 5.80. The van der Waals surface area contributed by atoms with E-state index < -0.39 is 0 Å². The quantitative estimate of drug-likeness (QED) is 0.652. The van der Waals surface area contributed by atoms with Crippen LogP contribution in [0.15, 0.2) is 12.7 Å². The van der Waals surface area contributed by atoms with Gasteiger partial charge in [-0.25, -0.2) is 0 Å². The van der Waals surface area contributed by atoms with Gasteiger partial charge in [0, 0.05) is 6.04 Å². The van der Waals surface area contributed by atoms with E-state index in [-0.39, 0.29) is 0 Å². The molecule has 0 radical (unpaired) electrons. The molecule has 0 spiro atoms. The highest BCUT2D eigenvalue weighted by molar-refractivity contribution is 7.99. The first kappa shape index (κ1) is 12.1. The van der Waals surface area contributed by atoms with Gasteiger partial charge in [0.25, 0.3) is 0 Å². The number of thioether (sulfide) groups is 1. The summed E-state index contributed by atoms with van der Waals surface area (Å²) in [5.41, 5.74) is 0. The number of hydrogen-bond donors (Lipinski definition) is 1. The second-order valence-corrected chi connectivity index (χ2v) is 5.20. The first-order chi connectivity index (χ1) is 6.88. The van der Waals surface area contributed by atoms with Crippen LogP contribution in [0.5, 0.6) is 0 Å². The van der Waals surface area contributed by atoms with Crippen molar-refractivity contribution in [3.63, 3.8) is 0 Å². The van der Waals surface area contributed by atoms with Gasteiger partial charge in [0.05, 0.1) is 0 Å². The van der Waals surface area contributed by atoms with Gasteiger partial charge in [-0.3, -0.25) is 0 Å². The third kappa shape index (κ3) is 4.05. The van der Waals surface area contributed by atoms with E-state index in [0.29, 0.717) is 0 Å². The van der Waals surface area contributed by atoms with E-state index >= 15 is 0 Å². The van der Waals surface area contributed by atoms with E-state index in [9.17, 15) is 0 Å². The average molecular weight is 213 g/mol. The Morgan fingerprint density at radius 1 is 1.64 bits per heavy atom. The molecule has 0 aromatic rings. The van der Waals surface area contributed by atoms with E-state index in [4.69, 9.17) is 0 Å². The fraction of sp³-hybridized carbons (Fsp3) is 0.833. The molecule has 1 fully saturated rings. The molecule has 1 aliphatic heterocycles. The fourth-order valence-corrected chi connectivity index (χ4v) is 3.34. The van der Waals surface area contributed by atoms with Gasteiger partial charge in [-0.2, -0.15) is 11.8 Å². The molecule has 0 bridgehead atoms. The lowest BCUT2D eigenvalue weighted by atomic mass is 9.95. The first-order valence-corrected chi connectivity index (χ1v) is 6.96. The van der Waals surface area contributed by atoms with E-state index in [1.165, 1.54) is 37.3 Å². The lowest BCUT2D eigenvalue weighted by Crippen LogP contribution is -2.36. The fourth-order valence-electron chi connectivity index (χ4n) is 2.00.